The molecule has 0 radical (unpaired) electrons. The fourth-order valence-corrected chi connectivity index (χ4v) is 6.69. The SMILES string of the molecule is CCOc1ccc(/C=N/N(C(=O)c2ccc(S(=O)(=O)N(CC)Cc3ccccc3)cc2)c2nc3ccc(F)cc3s2)cc1. The highest BCUT2D eigenvalue weighted by atomic mass is 32.2. The number of amides is 1. The number of nitrogens with zero attached hydrogens (tertiary/aromatic N) is 4. The number of rotatable bonds is 11. The molecule has 43 heavy (non-hydrogen) atoms. The Balaban J connectivity index is 1.44. The predicted octanol–water partition coefficient (Wildman–Crippen LogP) is 6.73. The first-order valence-corrected chi connectivity index (χ1v) is 15.9. The van der Waals surface area contributed by atoms with Crippen molar-refractivity contribution >= 4 is 48.8 Å². The molecule has 1 amide bonds. The van der Waals surface area contributed by atoms with Crippen molar-refractivity contribution in [2.24, 2.45) is 5.10 Å². The van der Waals surface area contributed by atoms with E-state index in [4.69, 9.17) is 4.74 Å². The number of ether oxygens (including phenoxy) is 1. The topological polar surface area (TPSA) is 92.2 Å². The number of carbonyl (C=O) groups excluding carboxylic acids is 1. The van der Waals surface area contributed by atoms with Crippen LogP contribution in [0.4, 0.5) is 9.52 Å². The van der Waals surface area contributed by atoms with E-state index in [1.54, 1.807) is 31.2 Å². The fourth-order valence-electron chi connectivity index (χ4n) is 4.30. The van der Waals surface area contributed by atoms with E-state index in [9.17, 15) is 17.6 Å². The molecule has 0 atom stereocenters. The van der Waals surface area contributed by atoms with Crippen molar-refractivity contribution in [3.05, 3.63) is 120 Å². The molecule has 5 aromatic rings. The lowest BCUT2D eigenvalue weighted by Crippen LogP contribution is -2.30. The molecule has 8 nitrogen and oxygen atoms in total. The maximum Gasteiger partial charge on any atom is 0.280 e. The van der Waals surface area contributed by atoms with E-state index in [1.165, 1.54) is 53.0 Å². The van der Waals surface area contributed by atoms with Gasteiger partial charge in [0.25, 0.3) is 5.91 Å². The van der Waals surface area contributed by atoms with Gasteiger partial charge in [-0.1, -0.05) is 48.6 Å². The van der Waals surface area contributed by atoms with Crippen LogP contribution in [0.5, 0.6) is 5.75 Å². The molecule has 1 aromatic heterocycles. The first-order chi connectivity index (χ1) is 20.8. The van der Waals surface area contributed by atoms with Crippen molar-refractivity contribution in [1.82, 2.24) is 9.29 Å². The molecule has 11 heteroatoms. The van der Waals surface area contributed by atoms with Crippen molar-refractivity contribution in [3.8, 4) is 5.75 Å². The van der Waals surface area contributed by atoms with Crippen LogP contribution in [0.1, 0.15) is 35.3 Å². The van der Waals surface area contributed by atoms with E-state index < -0.39 is 21.7 Å². The van der Waals surface area contributed by atoms with Crippen LogP contribution in [0, 0.1) is 5.82 Å². The quantitative estimate of drug-likeness (QED) is 0.121. The summed E-state index contributed by atoms with van der Waals surface area (Å²) in [7, 11) is -3.82. The number of hydrogen-bond donors (Lipinski definition) is 0. The van der Waals surface area contributed by atoms with Gasteiger partial charge in [-0.15, -0.1) is 0 Å². The zero-order valence-corrected chi connectivity index (χ0v) is 25.2. The molecule has 0 saturated carbocycles. The highest BCUT2D eigenvalue weighted by Crippen LogP contribution is 2.31. The van der Waals surface area contributed by atoms with Crippen LogP contribution in [-0.4, -0.2) is 43.0 Å². The molecule has 0 unspecified atom stereocenters. The summed E-state index contributed by atoms with van der Waals surface area (Å²) >= 11 is 1.12. The summed E-state index contributed by atoms with van der Waals surface area (Å²) in [6.07, 6.45) is 1.52. The molecule has 0 spiro atoms. The van der Waals surface area contributed by atoms with Crippen LogP contribution in [0.3, 0.4) is 0 Å². The molecule has 220 valence electrons. The number of sulfonamides is 1. The first kappa shape index (κ1) is 30.0. The van der Waals surface area contributed by atoms with Crippen molar-refractivity contribution in [2.75, 3.05) is 18.2 Å². The van der Waals surface area contributed by atoms with Crippen LogP contribution >= 0.6 is 11.3 Å². The number of hydrazone groups is 1. The van der Waals surface area contributed by atoms with Crippen molar-refractivity contribution in [2.45, 2.75) is 25.3 Å². The van der Waals surface area contributed by atoms with E-state index in [0.717, 1.165) is 21.9 Å². The molecule has 0 N–H and O–H groups in total. The monoisotopic (exact) mass is 616 g/mol. The number of thiazole rings is 1. The molecular formula is C32H29FN4O4S2. The molecule has 5 rings (SSSR count). The van der Waals surface area contributed by atoms with Crippen molar-refractivity contribution in [1.29, 1.82) is 0 Å². The van der Waals surface area contributed by atoms with Crippen LogP contribution in [0.15, 0.2) is 107 Å². The van der Waals surface area contributed by atoms with Gasteiger partial charge in [0.1, 0.15) is 11.6 Å². The molecule has 0 saturated heterocycles. The van der Waals surface area contributed by atoms with Gasteiger partial charge < -0.3 is 4.74 Å². The Kier molecular flexibility index (Phi) is 9.24. The lowest BCUT2D eigenvalue weighted by Gasteiger charge is -2.21. The van der Waals surface area contributed by atoms with E-state index in [0.29, 0.717) is 28.1 Å². The minimum atomic E-state index is -3.82. The highest BCUT2D eigenvalue weighted by Gasteiger charge is 2.25. The average Bonchev–Trinajstić information content (AvgIpc) is 3.44. The number of anilines is 1. The standard InChI is InChI=1S/C32H29FN4O4S2/c1-3-36(22-24-8-6-5-7-9-24)43(39,40)28-17-12-25(13-18-28)31(38)37(32-35-29-19-14-26(33)20-30(29)42-32)34-21-23-10-15-27(16-11-23)41-4-2/h5-21H,3-4,22H2,1-2H3/b34-21+. The molecule has 0 fully saturated rings. The van der Waals surface area contributed by atoms with Crippen molar-refractivity contribution < 1.29 is 22.3 Å². The van der Waals surface area contributed by atoms with Crippen LogP contribution in [0.25, 0.3) is 10.2 Å². The highest BCUT2D eigenvalue weighted by molar-refractivity contribution is 7.89. The molecule has 0 bridgehead atoms. The normalized spacial score (nSPS) is 11.8. The largest absolute Gasteiger partial charge is 0.494 e. The molecule has 0 aliphatic heterocycles. The van der Waals surface area contributed by atoms with Crippen LogP contribution in [-0.2, 0) is 16.6 Å². The van der Waals surface area contributed by atoms with Crippen LogP contribution < -0.4 is 9.75 Å². The Labute approximate surface area is 253 Å². The number of halogens is 1. The van der Waals surface area contributed by atoms with Crippen LogP contribution in [0.2, 0.25) is 0 Å². The van der Waals surface area contributed by atoms with Gasteiger partial charge in [-0.3, -0.25) is 4.79 Å². The summed E-state index contributed by atoms with van der Waals surface area (Å²) < 4.78 is 48.1. The number of aromatic nitrogens is 1. The zero-order chi connectivity index (χ0) is 30.4. The lowest BCUT2D eigenvalue weighted by molar-refractivity contribution is 0.0987. The van der Waals surface area contributed by atoms with Gasteiger partial charge in [-0.2, -0.15) is 14.4 Å². The summed E-state index contributed by atoms with van der Waals surface area (Å²) in [5.41, 5.74) is 2.32. The number of hydrogen-bond acceptors (Lipinski definition) is 7. The minimum Gasteiger partial charge on any atom is -0.494 e. The maximum atomic E-state index is 13.9. The second kappa shape index (κ2) is 13.2. The predicted molar refractivity (Wildman–Crippen MR) is 168 cm³/mol. The Morgan fingerprint density at radius 3 is 2.37 bits per heavy atom. The molecule has 1 heterocycles. The third-order valence-electron chi connectivity index (χ3n) is 6.52. The molecule has 4 aromatic carbocycles. The van der Waals surface area contributed by atoms with E-state index in [2.05, 4.69) is 10.1 Å². The van der Waals surface area contributed by atoms with E-state index >= 15 is 0 Å². The molecule has 0 aliphatic rings. The second-order valence-electron chi connectivity index (χ2n) is 9.41. The smallest absolute Gasteiger partial charge is 0.280 e. The van der Waals surface area contributed by atoms with Gasteiger partial charge in [0.15, 0.2) is 0 Å². The Hall–Kier alpha value is -4.45. The Bertz CT molecular complexity index is 1840. The summed E-state index contributed by atoms with van der Waals surface area (Å²) in [6.45, 7) is 4.73. The Morgan fingerprint density at radius 2 is 1.70 bits per heavy atom. The minimum absolute atomic E-state index is 0.0710. The summed E-state index contributed by atoms with van der Waals surface area (Å²) in [4.78, 5) is 18.3. The molecule has 0 aliphatic carbocycles. The zero-order valence-electron chi connectivity index (χ0n) is 23.6. The Morgan fingerprint density at radius 1 is 0.977 bits per heavy atom. The van der Waals surface area contributed by atoms with Gasteiger partial charge in [0, 0.05) is 18.7 Å². The van der Waals surface area contributed by atoms with E-state index in [1.807, 2.05) is 37.3 Å². The molecular weight excluding hydrogens is 588 g/mol. The van der Waals surface area contributed by atoms with E-state index in [-0.39, 0.29) is 28.7 Å². The number of fused-ring (bicyclic) bond motifs is 1. The van der Waals surface area contributed by atoms with Gasteiger partial charge in [0.05, 0.1) is 27.9 Å². The summed E-state index contributed by atoms with van der Waals surface area (Å²) in [5.74, 6) is -0.229. The average molecular weight is 617 g/mol. The third-order valence-corrected chi connectivity index (χ3v) is 9.45. The van der Waals surface area contributed by atoms with Crippen molar-refractivity contribution in [3.63, 3.8) is 0 Å². The lowest BCUT2D eigenvalue weighted by atomic mass is 10.2. The van der Waals surface area contributed by atoms with Gasteiger partial charge in [0.2, 0.25) is 15.2 Å². The third kappa shape index (κ3) is 6.96. The number of benzene rings is 4. The first-order valence-electron chi connectivity index (χ1n) is 13.6. The van der Waals surface area contributed by atoms with Gasteiger partial charge in [-0.05, 0) is 84.8 Å². The van der Waals surface area contributed by atoms with Gasteiger partial charge in [-0.25, -0.2) is 17.8 Å². The second-order valence-corrected chi connectivity index (χ2v) is 12.4. The summed E-state index contributed by atoms with van der Waals surface area (Å²) in [5, 5.41) is 5.81. The number of carbonyl (C=O) groups is 1. The maximum absolute atomic E-state index is 13.9. The fraction of sp³-hybridized carbons (Fsp3) is 0.156. The summed E-state index contributed by atoms with van der Waals surface area (Å²) in [6, 6.07) is 26.5. The van der Waals surface area contributed by atoms with Gasteiger partial charge >= 0.3 is 0 Å².